The van der Waals surface area contributed by atoms with Gasteiger partial charge in [0.15, 0.2) is 5.11 Å². The summed E-state index contributed by atoms with van der Waals surface area (Å²) in [7, 11) is 0. The summed E-state index contributed by atoms with van der Waals surface area (Å²) in [6, 6.07) is 5.93. The molecule has 102 valence electrons. The molecule has 19 heavy (non-hydrogen) atoms. The zero-order valence-electron chi connectivity index (χ0n) is 10.4. The molecular formula is C12H15FN4OS. The molecule has 0 heterocycles. The average Bonchev–Trinajstić information content (AvgIpc) is 2.36. The number of carbonyl (C=O) groups is 1. The summed E-state index contributed by atoms with van der Waals surface area (Å²) in [5.41, 5.74) is 8.99. The molecule has 4 N–H and O–H groups in total. The fraction of sp³-hybridized carbons (Fsp3) is 0.250. The fourth-order valence-corrected chi connectivity index (χ4v) is 1.33. The van der Waals surface area contributed by atoms with Crippen LogP contribution in [0.4, 0.5) is 4.39 Å². The van der Waals surface area contributed by atoms with Crippen LogP contribution in [0.5, 0.6) is 0 Å². The largest absolute Gasteiger partial charge is 0.375 e. The molecule has 0 aliphatic heterocycles. The third-order valence-electron chi connectivity index (χ3n) is 2.18. The second-order valence-electron chi connectivity index (χ2n) is 3.90. The number of hydrazone groups is 1. The molecule has 0 bridgehead atoms. The zero-order chi connectivity index (χ0) is 14.3. The first-order chi connectivity index (χ1) is 8.97. The Morgan fingerprint density at radius 1 is 1.42 bits per heavy atom. The topological polar surface area (TPSA) is 79.5 Å². The van der Waals surface area contributed by atoms with Crippen LogP contribution >= 0.6 is 12.2 Å². The highest BCUT2D eigenvalue weighted by Gasteiger charge is 2.04. The van der Waals surface area contributed by atoms with Crippen LogP contribution in [0.15, 0.2) is 29.4 Å². The van der Waals surface area contributed by atoms with Crippen LogP contribution < -0.4 is 16.5 Å². The van der Waals surface area contributed by atoms with Crippen LogP contribution in [0.3, 0.4) is 0 Å². The number of thiocarbonyl (C=S) groups is 1. The van der Waals surface area contributed by atoms with E-state index in [2.05, 4.69) is 28.1 Å². The molecule has 7 heteroatoms. The van der Waals surface area contributed by atoms with Crippen molar-refractivity contribution in [2.45, 2.75) is 19.9 Å². The van der Waals surface area contributed by atoms with Gasteiger partial charge in [0.05, 0.1) is 6.42 Å². The Kier molecular flexibility index (Phi) is 5.87. The molecule has 0 aliphatic carbocycles. The van der Waals surface area contributed by atoms with Crippen LogP contribution in [0, 0.1) is 5.82 Å². The van der Waals surface area contributed by atoms with E-state index in [0.717, 1.165) is 5.56 Å². The van der Waals surface area contributed by atoms with E-state index in [1.807, 2.05) is 0 Å². The van der Waals surface area contributed by atoms with E-state index in [1.165, 1.54) is 12.1 Å². The van der Waals surface area contributed by atoms with Gasteiger partial charge >= 0.3 is 0 Å². The number of rotatable bonds is 5. The minimum Gasteiger partial charge on any atom is -0.375 e. The third-order valence-corrected chi connectivity index (χ3v) is 2.27. The summed E-state index contributed by atoms with van der Waals surface area (Å²) in [5.74, 6) is -0.489. The van der Waals surface area contributed by atoms with Gasteiger partial charge in [-0.05, 0) is 36.8 Å². The second-order valence-corrected chi connectivity index (χ2v) is 4.34. The molecule has 0 unspecified atom stereocenters. The Morgan fingerprint density at radius 2 is 2.05 bits per heavy atom. The van der Waals surface area contributed by atoms with Gasteiger partial charge in [0, 0.05) is 12.3 Å². The Labute approximate surface area is 116 Å². The van der Waals surface area contributed by atoms with E-state index in [4.69, 9.17) is 5.73 Å². The highest BCUT2D eigenvalue weighted by Crippen LogP contribution is 2.02. The van der Waals surface area contributed by atoms with E-state index in [1.54, 1.807) is 19.1 Å². The number of hydrogen-bond donors (Lipinski definition) is 3. The van der Waals surface area contributed by atoms with E-state index in [9.17, 15) is 9.18 Å². The van der Waals surface area contributed by atoms with Gasteiger partial charge in [0.1, 0.15) is 5.82 Å². The standard InChI is InChI=1S/C12H15FN4OS/c1-8(16-17-12(14)19)6-11(18)15-7-9-2-4-10(13)5-3-9/h2-5H,6-7H2,1H3,(H,15,18)(H3,14,17,19). The second kappa shape index (κ2) is 7.42. The molecule has 0 saturated heterocycles. The van der Waals surface area contributed by atoms with Gasteiger partial charge in [-0.2, -0.15) is 5.10 Å². The third kappa shape index (κ3) is 6.46. The highest BCUT2D eigenvalue weighted by molar-refractivity contribution is 7.80. The summed E-state index contributed by atoms with van der Waals surface area (Å²) < 4.78 is 12.7. The number of nitrogens with zero attached hydrogens (tertiary/aromatic N) is 1. The molecule has 0 atom stereocenters. The number of amides is 1. The molecule has 1 aromatic rings. The maximum absolute atomic E-state index is 12.7. The van der Waals surface area contributed by atoms with Crippen molar-refractivity contribution in [2.24, 2.45) is 10.8 Å². The summed E-state index contributed by atoms with van der Waals surface area (Å²) in [6.07, 6.45) is 0.136. The molecular weight excluding hydrogens is 267 g/mol. The molecule has 1 aromatic carbocycles. The molecule has 0 aliphatic rings. The number of nitrogens with two attached hydrogens (primary N) is 1. The Balaban J connectivity index is 2.37. The van der Waals surface area contributed by atoms with Crippen LogP contribution in [0.1, 0.15) is 18.9 Å². The predicted molar refractivity (Wildman–Crippen MR) is 75.9 cm³/mol. The van der Waals surface area contributed by atoms with Crippen molar-refractivity contribution >= 4 is 28.9 Å². The number of hydrogen-bond acceptors (Lipinski definition) is 3. The number of halogens is 1. The van der Waals surface area contributed by atoms with Crippen molar-refractivity contribution in [1.82, 2.24) is 10.7 Å². The van der Waals surface area contributed by atoms with E-state index < -0.39 is 0 Å². The maximum atomic E-state index is 12.7. The Bertz CT molecular complexity index is 487. The molecule has 1 amide bonds. The van der Waals surface area contributed by atoms with Crippen molar-refractivity contribution in [3.8, 4) is 0 Å². The Morgan fingerprint density at radius 3 is 2.63 bits per heavy atom. The Hall–Kier alpha value is -2.02. The van der Waals surface area contributed by atoms with E-state index in [0.29, 0.717) is 12.3 Å². The summed E-state index contributed by atoms with van der Waals surface area (Å²) >= 11 is 4.58. The lowest BCUT2D eigenvalue weighted by molar-refractivity contribution is -0.120. The summed E-state index contributed by atoms with van der Waals surface area (Å²) in [6.45, 7) is 2.03. The quantitative estimate of drug-likeness (QED) is 0.428. The number of carbonyl (C=O) groups excluding carboxylic acids is 1. The zero-order valence-corrected chi connectivity index (χ0v) is 11.3. The molecule has 0 radical (unpaired) electrons. The highest BCUT2D eigenvalue weighted by atomic mass is 32.1. The molecule has 0 spiro atoms. The van der Waals surface area contributed by atoms with Crippen molar-refractivity contribution < 1.29 is 9.18 Å². The first-order valence-electron chi connectivity index (χ1n) is 5.57. The number of nitrogens with one attached hydrogen (secondary N) is 2. The van der Waals surface area contributed by atoms with Gasteiger partial charge in [-0.1, -0.05) is 12.1 Å². The predicted octanol–water partition coefficient (Wildman–Crippen LogP) is 1.04. The van der Waals surface area contributed by atoms with Gasteiger partial charge in [0.25, 0.3) is 0 Å². The molecule has 0 aromatic heterocycles. The number of benzene rings is 1. The van der Waals surface area contributed by atoms with Gasteiger partial charge in [-0.3, -0.25) is 10.2 Å². The maximum Gasteiger partial charge on any atom is 0.225 e. The average molecular weight is 282 g/mol. The molecule has 0 saturated carbocycles. The van der Waals surface area contributed by atoms with Gasteiger partial charge < -0.3 is 11.1 Å². The minimum absolute atomic E-state index is 0.0473. The van der Waals surface area contributed by atoms with Gasteiger partial charge in [-0.25, -0.2) is 4.39 Å². The monoisotopic (exact) mass is 282 g/mol. The van der Waals surface area contributed by atoms with Crippen LogP contribution in [0.25, 0.3) is 0 Å². The lowest BCUT2D eigenvalue weighted by Crippen LogP contribution is -2.28. The lowest BCUT2D eigenvalue weighted by Gasteiger charge is -2.05. The first-order valence-corrected chi connectivity index (χ1v) is 5.98. The summed E-state index contributed by atoms with van der Waals surface area (Å²) in [5, 5.41) is 6.57. The van der Waals surface area contributed by atoms with Crippen LogP contribution in [-0.2, 0) is 11.3 Å². The SMILES string of the molecule is CC(CC(=O)NCc1ccc(F)cc1)=NNC(N)=S. The smallest absolute Gasteiger partial charge is 0.225 e. The van der Waals surface area contributed by atoms with Crippen molar-refractivity contribution in [1.29, 1.82) is 0 Å². The first kappa shape index (κ1) is 15.0. The van der Waals surface area contributed by atoms with Crippen molar-refractivity contribution in [2.75, 3.05) is 0 Å². The van der Waals surface area contributed by atoms with Gasteiger partial charge in [0.2, 0.25) is 5.91 Å². The molecule has 1 rings (SSSR count). The van der Waals surface area contributed by atoms with Crippen LogP contribution in [-0.4, -0.2) is 16.7 Å². The van der Waals surface area contributed by atoms with Crippen molar-refractivity contribution in [3.05, 3.63) is 35.6 Å². The summed E-state index contributed by atoms with van der Waals surface area (Å²) in [4.78, 5) is 11.6. The minimum atomic E-state index is -0.304. The van der Waals surface area contributed by atoms with E-state index in [-0.39, 0.29) is 23.3 Å². The van der Waals surface area contributed by atoms with E-state index >= 15 is 0 Å². The van der Waals surface area contributed by atoms with Gasteiger partial charge in [-0.15, -0.1) is 0 Å². The van der Waals surface area contributed by atoms with Crippen LogP contribution in [0.2, 0.25) is 0 Å². The van der Waals surface area contributed by atoms with Crippen molar-refractivity contribution in [3.63, 3.8) is 0 Å². The lowest BCUT2D eigenvalue weighted by atomic mass is 10.2. The molecule has 5 nitrogen and oxygen atoms in total. The fourth-order valence-electron chi connectivity index (χ4n) is 1.29. The molecule has 0 fully saturated rings. The normalized spacial score (nSPS) is 10.9.